The van der Waals surface area contributed by atoms with Crippen LogP contribution in [-0.2, 0) is 36.2 Å². The molecular weight excluding hydrogens is 971 g/mol. The van der Waals surface area contributed by atoms with Gasteiger partial charge in [-0.1, -0.05) is 174 Å². The van der Waals surface area contributed by atoms with Crippen LogP contribution in [0.5, 0.6) is 11.5 Å². The second kappa shape index (κ2) is 32.6. The van der Waals surface area contributed by atoms with E-state index in [2.05, 4.69) is 47.4 Å². The van der Waals surface area contributed by atoms with Gasteiger partial charge in [0.2, 0.25) is 0 Å². The molecule has 0 heterocycles. The first-order valence-electron chi connectivity index (χ1n) is 23.6. The van der Waals surface area contributed by atoms with E-state index in [1.54, 1.807) is 39.8 Å². The molecule has 0 aliphatic rings. The van der Waals surface area contributed by atoms with Gasteiger partial charge in [0.1, 0.15) is 29.4 Å². The van der Waals surface area contributed by atoms with Gasteiger partial charge in [0.15, 0.2) is 5.12 Å². The van der Waals surface area contributed by atoms with E-state index >= 15 is 0 Å². The van der Waals surface area contributed by atoms with Crippen LogP contribution in [0.4, 0.5) is 0 Å². The second-order valence-electron chi connectivity index (χ2n) is 20.5. The molecule has 3 N–H and O–H groups in total. The van der Waals surface area contributed by atoms with Crippen LogP contribution in [-0.4, -0.2) is 49.1 Å². The van der Waals surface area contributed by atoms with Crippen LogP contribution in [0.1, 0.15) is 131 Å². The molecule has 7 nitrogen and oxygen atoms in total. The number of aromatic hydroxyl groups is 2. The summed E-state index contributed by atoms with van der Waals surface area (Å²) in [5, 5.41) is 35.2. The van der Waals surface area contributed by atoms with Crippen LogP contribution >= 0.6 is 30.4 Å². The number of carbonyl (C=O) groups is 4. The standard InChI is InChI=1S/C20H36O3S.C20H14O2.C14H24O2.C4H8.CH4.2ClH.Ti/c1-10-11-13(2)14(3)15(4)18(23)20(8,9)16(21)12-17(22)24-19(5,6)7;21-17-11-9-13-5-1-3-7-15(13)19(17)20-16-8-4-2-6-14(16)10-12-18(20)22;1-7-8-10(2)11(3)12(4)13(16)14(5,6)9-15;1-4(2)3;;;;/h10,13-16,21H,1,11-12H2,2-9H3;1-12,21-22H;7,9-12H,1,8H2,2-6H3;1H2,2-3H3;1H4;2*1H;/q;;;;;;;+2/p-2/t13?,14-,15?,16?;;10?,11-,12+;;;;;/m0.0...../s1. The van der Waals surface area contributed by atoms with Crippen molar-refractivity contribution < 1.29 is 51.5 Å². The molecule has 0 aromatic heterocycles. The molecule has 0 amide bonds. The van der Waals surface area contributed by atoms with E-state index in [0.29, 0.717) is 23.0 Å². The number of hydrogen-bond donors (Lipinski definition) is 3. The number of halogens is 2. The van der Waals surface area contributed by atoms with Gasteiger partial charge >= 0.3 is 35.6 Å². The number of allylic oxidation sites excluding steroid dienone is 3. The van der Waals surface area contributed by atoms with Crippen LogP contribution in [0.15, 0.2) is 110 Å². The Hall–Kier alpha value is -3.50. The molecule has 0 aliphatic carbocycles. The third kappa shape index (κ3) is 22.1. The van der Waals surface area contributed by atoms with Crippen LogP contribution in [0.25, 0.3) is 32.7 Å². The Morgan fingerprint density at radius 3 is 1.34 bits per heavy atom. The van der Waals surface area contributed by atoms with E-state index in [-0.39, 0.29) is 70.4 Å². The summed E-state index contributed by atoms with van der Waals surface area (Å²) >= 11 is 0.662. The van der Waals surface area contributed by atoms with Crippen LogP contribution in [0, 0.1) is 46.3 Å². The molecular formula is C59H86Cl2O7STi. The van der Waals surface area contributed by atoms with Crippen molar-refractivity contribution >= 4 is 74.9 Å². The average molecular weight is 1060 g/mol. The number of ketones is 2. The maximum atomic E-state index is 12.9. The minimum atomic E-state index is -0.961. The number of hydrogen-bond acceptors (Lipinski definition) is 8. The van der Waals surface area contributed by atoms with Crippen molar-refractivity contribution in [1.82, 2.24) is 0 Å². The zero-order valence-electron chi connectivity index (χ0n) is 44.1. The van der Waals surface area contributed by atoms with Gasteiger partial charge in [-0.05, 0) is 97.9 Å². The van der Waals surface area contributed by atoms with Crippen molar-refractivity contribution in [3.05, 3.63) is 110 Å². The molecule has 4 rings (SSSR count). The molecule has 0 radical (unpaired) electrons. The number of carbonyl (C=O) groups excluding carboxylic acids is 4. The Kier molecular flexibility index (Phi) is 31.9. The van der Waals surface area contributed by atoms with Crippen molar-refractivity contribution in [2.75, 3.05) is 0 Å². The first-order valence-corrected chi connectivity index (χ1v) is 28.7. The number of phenols is 2. The van der Waals surface area contributed by atoms with E-state index in [1.807, 2.05) is 121 Å². The molecule has 4 aromatic carbocycles. The number of fused-ring (bicyclic) bond motifs is 2. The van der Waals surface area contributed by atoms with Crippen LogP contribution in [0.2, 0.25) is 0 Å². The van der Waals surface area contributed by atoms with Crippen LogP contribution < -0.4 is 0 Å². The number of aliphatic hydroxyl groups is 1. The second-order valence-corrected chi connectivity index (χ2v) is 25.0. The Morgan fingerprint density at radius 1 is 0.671 bits per heavy atom. The topological polar surface area (TPSA) is 129 Å². The Labute approximate surface area is 444 Å². The van der Waals surface area contributed by atoms with Crippen molar-refractivity contribution in [3.8, 4) is 22.6 Å². The minimum absolute atomic E-state index is 0. The van der Waals surface area contributed by atoms with Gasteiger partial charge in [-0.15, -0.1) is 19.7 Å². The van der Waals surface area contributed by atoms with Crippen molar-refractivity contribution in [2.24, 2.45) is 46.3 Å². The Morgan fingerprint density at radius 2 is 1.01 bits per heavy atom. The molecule has 0 saturated carbocycles. The fourth-order valence-corrected chi connectivity index (χ4v) is 8.58. The van der Waals surface area contributed by atoms with Crippen LogP contribution in [0.3, 0.4) is 0 Å². The molecule has 0 fully saturated rings. The molecule has 4 aromatic rings. The summed E-state index contributed by atoms with van der Waals surface area (Å²) in [5.74, 6) is 1.37. The maximum absolute atomic E-state index is 12.9. The summed E-state index contributed by atoms with van der Waals surface area (Å²) in [6, 6.07) is 22.9. The molecule has 388 valence electrons. The van der Waals surface area contributed by atoms with Gasteiger partial charge < -0.3 is 20.1 Å². The number of Topliss-reactive ketones (excluding diaryl/α,β-unsaturated/α-hetero) is 2. The predicted molar refractivity (Wildman–Crippen MR) is 300 cm³/mol. The molecule has 11 heteroatoms. The normalized spacial score (nSPS) is 14.1. The van der Waals surface area contributed by atoms with Gasteiger partial charge in [0, 0.05) is 39.5 Å². The number of phenolic OH excluding ortho intramolecular Hbond substituents is 2. The first kappa shape index (κ1) is 68.6. The molecule has 0 spiro atoms. The average Bonchev–Trinajstić information content (AvgIpc) is 3.27. The van der Waals surface area contributed by atoms with Gasteiger partial charge in [-0.2, -0.15) is 0 Å². The van der Waals surface area contributed by atoms with Gasteiger partial charge in [0.05, 0.1) is 11.5 Å². The monoisotopic (exact) mass is 1060 g/mol. The van der Waals surface area contributed by atoms with E-state index in [1.165, 1.54) is 17.3 Å². The van der Waals surface area contributed by atoms with E-state index in [4.69, 9.17) is 18.6 Å². The summed E-state index contributed by atoms with van der Waals surface area (Å²) in [7, 11) is 9.78. The summed E-state index contributed by atoms with van der Waals surface area (Å²) in [6.45, 7) is 39.9. The third-order valence-electron chi connectivity index (χ3n) is 12.5. The molecule has 7 atom stereocenters. The molecule has 4 unspecified atom stereocenters. The van der Waals surface area contributed by atoms with Crippen molar-refractivity contribution in [1.29, 1.82) is 0 Å². The third-order valence-corrected chi connectivity index (χ3v) is 13.5. The Bertz CT molecular complexity index is 2210. The summed E-state index contributed by atoms with van der Waals surface area (Å²) in [4.78, 5) is 48.0. The van der Waals surface area contributed by atoms with Gasteiger partial charge in [-0.3, -0.25) is 14.4 Å². The van der Waals surface area contributed by atoms with Crippen molar-refractivity contribution in [2.45, 2.75) is 141 Å². The molecule has 0 bridgehead atoms. The van der Waals surface area contributed by atoms with Gasteiger partial charge in [-0.25, -0.2) is 0 Å². The number of rotatable bonds is 17. The number of thioether (sulfide) groups is 1. The number of benzene rings is 4. The Balaban J connectivity index is 0. The fourth-order valence-electron chi connectivity index (χ4n) is 7.66. The zero-order valence-corrected chi connectivity index (χ0v) is 48.0. The molecule has 70 heavy (non-hydrogen) atoms. The number of aliphatic hydroxyl groups excluding tert-OH is 1. The zero-order chi connectivity index (χ0) is 53.6. The molecule has 0 saturated heterocycles. The first-order chi connectivity index (χ1) is 31.9. The SMILES string of the molecule is C.C=C(C)C.C=CCC(C)[C@H](C)C(C)C(=O)C(C)(C)C(O)CC(=O)SC(C)(C)C.C=CCC(C)[C@H](C)[C@@H](C)C(=O)C(C)(C)C=O.Oc1ccc2ccccc2c1-c1c(O)ccc2ccccc12.[Cl][Ti][Cl]. The summed E-state index contributed by atoms with van der Waals surface area (Å²) in [6.07, 6.45) is 5.31. The molecule has 0 aliphatic heterocycles. The number of aldehydes is 1. The van der Waals surface area contributed by atoms with Gasteiger partial charge in [0.25, 0.3) is 0 Å². The quantitative estimate of drug-likeness (QED) is 0.0413. The van der Waals surface area contributed by atoms with Crippen molar-refractivity contribution in [3.63, 3.8) is 0 Å². The summed E-state index contributed by atoms with van der Waals surface area (Å²) < 4.78 is -0.188. The van der Waals surface area contributed by atoms with E-state index < -0.39 is 34.0 Å². The van der Waals surface area contributed by atoms with E-state index in [9.17, 15) is 34.5 Å². The predicted octanol–water partition coefficient (Wildman–Crippen LogP) is 16.8. The fraction of sp³-hybridized carbons (Fsp3) is 0.492. The van der Waals surface area contributed by atoms with E-state index in [0.717, 1.165) is 40.7 Å². The summed E-state index contributed by atoms with van der Waals surface area (Å²) in [5.41, 5.74) is 0.719.